The fourth-order valence-electron chi connectivity index (χ4n) is 1.22. The maximum atomic E-state index is 11.3. The van der Waals surface area contributed by atoms with E-state index in [1.165, 1.54) is 23.1 Å². The molecule has 0 aliphatic heterocycles. The molecule has 2 rings (SSSR count). The number of anilines is 1. The van der Waals surface area contributed by atoms with Gasteiger partial charge in [-0.25, -0.2) is 14.9 Å². The van der Waals surface area contributed by atoms with Crippen LogP contribution in [0.3, 0.4) is 0 Å². The Balaban J connectivity index is 2.07. The molecule has 0 saturated heterocycles. The van der Waals surface area contributed by atoms with Gasteiger partial charge >= 0.3 is 5.69 Å². The zero-order chi connectivity index (χ0) is 11.5. The Morgan fingerprint density at radius 3 is 3.12 bits per heavy atom. The van der Waals surface area contributed by atoms with Crippen LogP contribution in [0.5, 0.6) is 0 Å². The second-order valence-corrected chi connectivity index (χ2v) is 4.85. The van der Waals surface area contributed by atoms with Crippen LogP contribution in [0, 0.1) is 0 Å². The van der Waals surface area contributed by atoms with Crippen LogP contribution in [0.1, 0.15) is 12.6 Å². The number of hydrogen-bond donors (Lipinski definition) is 2. The molecule has 0 fully saturated rings. The molecule has 2 aromatic rings. The van der Waals surface area contributed by atoms with Crippen molar-refractivity contribution in [1.29, 1.82) is 0 Å². The van der Waals surface area contributed by atoms with Gasteiger partial charge in [-0.2, -0.15) is 0 Å². The van der Waals surface area contributed by atoms with E-state index in [4.69, 9.17) is 5.73 Å². The summed E-state index contributed by atoms with van der Waals surface area (Å²) in [4.78, 5) is 15.4. The van der Waals surface area contributed by atoms with E-state index in [1.54, 1.807) is 4.57 Å². The first-order valence-corrected chi connectivity index (χ1v) is 6.55. The van der Waals surface area contributed by atoms with Crippen molar-refractivity contribution in [2.24, 2.45) is 0 Å². The fraction of sp³-hybridized carbons (Fsp3) is 0.375. The Bertz CT molecular complexity index is 529. The van der Waals surface area contributed by atoms with Gasteiger partial charge in [0, 0.05) is 17.7 Å². The van der Waals surface area contributed by atoms with Crippen molar-refractivity contribution in [3.63, 3.8) is 0 Å². The third-order valence-electron chi connectivity index (χ3n) is 1.96. The Labute approximate surface area is 99.9 Å². The van der Waals surface area contributed by atoms with Crippen LogP contribution in [0.4, 0.5) is 5.13 Å². The molecule has 2 aromatic heterocycles. The van der Waals surface area contributed by atoms with Gasteiger partial charge < -0.3 is 5.73 Å². The Kier molecular flexibility index (Phi) is 3.30. The number of nitrogens with two attached hydrogens (primary N) is 1. The first-order chi connectivity index (χ1) is 7.70. The first-order valence-electron chi connectivity index (χ1n) is 4.68. The first kappa shape index (κ1) is 11.2. The van der Waals surface area contributed by atoms with Crippen LogP contribution in [0.25, 0.3) is 0 Å². The molecule has 6 nitrogen and oxygen atoms in total. The van der Waals surface area contributed by atoms with Crippen LogP contribution >= 0.6 is 23.1 Å². The number of aromatic amines is 1. The highest BCUT2D eigenvalue weighted by Crippen LogP contribution is 2.21. The molecule has 0 bridgehead atoms. The van der Waals surface area contributed by atoms with Crippen molar-refractivity contribution in [2.75, 3.05) is 5.73 Å². The topological polar surface area (TPSA) is 89.6 Å². The number of hydrogen-bond acceptors (Lipinski definition) is 6. The van der Waals surface area contributed by atoms with E-state index in [2.05, 4.69) is 15.2 Å². The molecule has 3 N–H and O–H groups in total. The van der Waals surface area contributed by atoms with Crippen molar-refractivity contribution >= 4 is 28.2 Å². The van der Waals surface area contributed by atoms with E-state index >= 15 is 0 Å². The molecule has 0 amide bonds. The molecule has 0 atom stereocenters. The lowest BCUT2D eigenvalue weighted by Crippen LogP contribution is -2.16. The van der Waals surface area contributed by atoms with E-state index in [9.17, 15) is 4.79 Å². The van der Waals surface area contributed by atoms with Gasteiger partial charge in [-0.15, -0.1) is 16.4 Å². The lowest BCUT2D eigenvalue weighted by atomic mass is 10.6. The molecular weight excluding hydrogens is 246 g/mol. The SMILES string of the molecule is CCn1c(SCc2csc(N)n2)n[nH]c1=O. The third kappa shape index (κ3) is 2.27. The summed E-state index contributed by atoms with van der Waals surface area (Å²) in [5.41, 5.74) is 6.26. The number of thioether (sulfide) groups is 1. The summed E-state index contributed by atoms with van der Waals surface area (Å²) in [7, 11) is 0. The van der Waals surface area contributed by atoms with E-state index in [1.807, 2.05) is 12.3 Å². The summed E-state index contributed by atoms with van der Waals surface area (Å²) in [5, 5.41) is 9.51. The number of rotatable bonds is 4. The number of nitrogens with one attached hydrogen (secondary N) is 1. The summed E-state index contributed by atoms with van der Waals surface area (Å²) in [6, 6.07) is 0. The molecule has 0 aliphatic carbocycles. The Morgan fingerprint density at radius 2 is 2.50 bits per heavy atom. The van der Waals surface area contributed by atoms with Crippen LogP contribution in [0.15, 0.2) is 15.3 Å². The molecule has 16 heavy (non-hydrogen) atoms. The van der Waals surface area contributed by atoms with Crippen molar-refractivity contribution in [3.8, 4) is 0 Å². The highest BCUT2D eigenvalue weighted by molar-refractivity contribution is 7.98. The predicted molar refractivity (Wildman–Crippen MR) is 64.6 cm³/mol. The summed E-state index contributed by atoms with van der Waals surface area (Å²) < 4.78 is 1.58. The summed E-state index contributed by atoms with van der Waals surface area (Å²) in [6.45, 7) is 2.51. The maximum Gasteiger partial charge on any atom is 0.343 e. The molecule has 2 heterocycles. The molecule has 0 saturated carbocycles. The van der Waals surface area contributed by atoms with Crippen molar-refractivity contribution in [3.05, 3.63) is 21.6 Å². The lowest BCUT2D eigenvalue weighted by molar-refractivity contribution is 0.660. The molecule has 0 unspecified atom stereocenters. The minimum atomic E-state index is -0.178. The maximum absolute atomic E-state index is 11.3. The van der Waals surface area contributed by atoms with Gasteiger partial charge in [0.05, 0.1) is 5.69 Å². The van der Waals surface area contributed by atoms with Crippen LogP contribution in [0.2, 0.25) is 0 Å². The van der Waals surface area contributed by atoms with Gasteiger partial charge in [-0.3, -0.25) is 4.57 Å². The van der Waals surface area contributed by atoms with Crippen LogP contribution in [-0.2, 0) is 12.3 Å². The van der Waals surface area contributed by atoms with E-state index in [0.29, 0.717) is 22.6 Å². The smallest absolute Gasteiger partial charge is 0.343 e. The Hall–Kier alpha value is -1.28. The van der Waals surface area contributed by atoms with Crippen molar-refractivity contribution < 1.29 is 0 Å². The summed E-state index contributed by atoms with van der Waals surface area (Å²) in [5.74, 6) is 0.665. The number of nitrogen functional groups attached to an aromatic ring is 1. The van der Waals surface area contributed by atoms with Crippen LogP contribution < -0.4 is 11.4 Å². The minimum Gasteiger partial charge on any atom is -0.375 e. The third-order valence-corrected chi connectivity index (χ3v) is 3.69. The van der Waals surface area contributed by atoms with Gasteiger partial charge in [0.2, 0.25) is 0 Å². The average molecular weight is 257 g/mol. The molecule has 0 aromatic carbocycles. The second-order valence-electron chi connectivity index (χ2n) is 3.02. The quantitative estimate of drug-likeness (QED) is 0.795. The number of H-pyrrole nitrogens is 1. The van der Waals surface area contributed by atoms with Gasteiger partial charge in [0.1, 0.15) is 0 Å². The zero-order valence-corrected chi connectivity index (χ0v) is 10.3. The van der Waals surface area contributed by atoms with Gasteiger partial charge in [-0.1, -0.05) is 11.8 Å². The standard InChI is InChI=1S/C8H11N5OS2/c1-2-13-7(14)11-12-8(13)16-4-5-3-15-6(9)10-5/h3H,2,4H2,1H3,(H2,9,10)(H,11,14). The lowest BCUT2D eigenvalue weighted by Gasteiger charge is -1.99. The van der Waals surface area contributed by atoms with Gasteiger partial charge in [0.25, 0.3) is 0 Å². The van der Waals surface area contributed by atoms with E-state index < -0.39 is 0 Å². The van der Waals surface area contributed by atoms with Crippen molar-refractivity contribution in [1.82, 2.24) is 19.7 Å². The monoisotopic (exact) mass is 257 g/mol. The molecule has 0 spiro atoms. The molecule has 0 radical (unpaired) electrons. The summed E-state index contributed by atoms with van der Waals surface area (Å²) >= 11 is 2.88. The van der Waals surface area contributed by atoms with Gasteiger partial charge in [-0.05, 0) is 6.92 Å². The highest BCUT2D eigenvalue weighted by Gasteiger charge is 2.08. The molecular formula is C8H11N5OS2. The largest absolute Gasteiger partial charge is 0.375 e. The number of thiazole rings is 1. The normalized spacial score (nSPS) is 10.8. The predicted octanol–water partition coefficient (Wildman–Crippen LogP) is 0.922. The minimum absolute atomic E-state index is 0.178. The van der Waals surface area contributed by atoms with E-state index in [-0.39, 0.29) is 5.69 Å². The van der Waals surface area contributed by atoms with E-state index in [0.717, 1.165) is 5.69 Å². The average Bonchev–Trinajstić information content (AvgIpc) is 2.82. The number of nitrogens with zero attached hydrogens (tertiary/aromatic N) is 3. The second kappa shape index (κ2) is 4.71. The van der Waals surface area contributed by atoms with Crippen molar-refractivity contribution in [2.45, 2.75) is 24.4 Å². The molecule has 0 aliphatic rings. The number of aromatic nitrogens is 4. The van der Waals surface area contributed by atoms with Gasteiger partial charge in [0.15, 0.2) is 10.3 Å². The zero-order valence-electron chi connectivity index (χ0n) is 8.64. The Morgan fingerprint density at radius 1 is 1.69 bits per heavy atom. The fourth-order valence-corrected chi connectivity index (χ4v) is 2.79. The molecule has 86 valence electrons. The van der Waals surface area contributed by atoms with Crippen LogP contribution in [-0.4, -0.2) is 19.7 Å². The molecule has 8 heteroatoms. The summed E-state index contributed by atoms with van der Waals surface area (Å²) in [6.07, 6.45) is 0. The highest BCUT2D eigenvalue weighted by atomic mass is 32.2.